The zero-order valence-corrected chi connectivity index (χ0v) is 8.92. The molecule has 2 N–H and O–H groups in total. The first kappa shape index (κ1) is 10.2. The summed E-state index contributed by atoms with van der Waals surface area (Å²) in [6.45, 7) is 0. The minimum atomic E-state index is 0.146. The first-order chi connectivity index (χ1) is 7.16. The van der Waals surface area contributed by atoms with Gasteiger partial charge in [0.1, 0.15) is 0 Å². The molecule has 0 radical (unpaired) electrons. The van der Waals surface area contributed by atoms with E-state index in [1.165, 1.54) is 0 Å². The molecule has 0 aliphatic heterocycles. The van der Waals surface area contributed by atoms with E-state index >= 15 is 0 Å². The van der Waals surface area contributed by atoms with E-state index in [0.717, 1.165) is 18.4 Å². The molecule has 78 valence electrons. The number of halogens is 1. The normalized spacial score (nSPS) is 16.3. The predicted octanol–water partition coefficient (Wildman–Crippen LogP) is 2.45. The molecule has 1 heterocycles. The Bertz CT molecular complexity index is 440. The van der Waals surface area contributed by atoms with Crippen molar-refractivity contribution in [2.45, 2.75) is 19.3 Å². The summed E-state index contributed by atoms with van der Waals surface area (Å²) in [6.07, 6.45) is 5.53. The molecule has 3 nitrogen and oxygen atoms in total. The van der Waals surface area contributed by atoms with Crippen LogP contribution in [0.4, 0.5) is 5.69 Å². The van der Waals surface area contributed by atoms with Crippen molar-refractivity contribution in [3.8, 4) is 0 Å². The number of hydrogen-bond donors (Lipinski definition) is 1. The summed E-state index contributed by atoms with van der Waals surface area (Å²) in [4.78, 5) is 15.4. The molecule has 0 unspecified atom stereocenters. The van der Waals surface area contributed by atoms with Gasteiger partial charge in [-0.1, -0.05) is 11.6 Å². The van der Waals surface area contributed by atoms with E-state index in [-0.39, 0.29) is 5.78 Å². The van der Waals surface area contributed by atoms with E-state index in [0.29, 0.717) is 22.8 Å². The van der Waals surface area contributed by atoms with Gasteiger partial charge in [-0.05, 0) is 30.6 Å². The van der Waals surface area contributed by atoms with Gasteiger partial charge in [0.15, 0.2) is 5.78 Å². The van der Waals surface area contributed by atoms with Crippen LogP contribution in [0.15, 0.2) is 18.3 Å². The minimum absolute atomic E-state index is 0.146. The number of nitrogens with two attached hydrogens (primary N) is 1. The molecule has 2 rings (SSSR count). The monoisotopic (exact) mass is 222 g/mol. The number of carbonyl (C=O) groups excluding carboxylic acids is 1. The maximum Gasteiger partial charge on any atom is 0.156 e. The molecule has 1 aliphatic rings. The fraction of sp³-hybridized carbons (Fsp3) is 0.273. The van der Waals surface area contributed by atoms with E-state index in [1.54, 1.807) is 18.3 Å². The van der Waals surface area contributed by atoms with E-state index in [4.69, 9.17) is 17.3 Å². The lowest BCUT2D eigenvalue weighted by molar-refractivity contribution is -0.114. The maximum atomic E-state index is 11.3. The third-order valence-corrected chi connectivity index (χ3v) is 2.60. The number of rotatable bonds is 1. The van der Waals surface area contributed by atoms with E-state index in [2.05, 4.69) is 4.98 Å². The molecule has 0 atom stereocenters. The van der Waals surface area contributed by atoms with Gasteiger partial charge in [0.05, 0.1) is 16.4 Å². The van der Waals surface area contributed by atoms with Crippen LogP contribution in [0.1, 0.15) is 25.0 Å². The van der Waals surface area contributed by atoms with Crippen molar-refractivity contribution in [3.05, 3.63) is 29.1 Å². The quantitative estimate of drug-likeness (QED) is 0.794. The van der Waals surface area contributed by atoms with Gasteiger partial charge < -0.3 is 5.73 Å². The molecule has 1 aromatic rings. The molecule has 15 heavy (non-hydrogen) atoms. The highest BCUT2D eigenvalue weighted by Gasteiger charge is 2.14. The first-order valence-corrected chi connectivity index (χ1v) is 5.19. The maximum absolute atomic E-state index is 11.3. The van der Waals surface area contributed by atoms with Gasteiger partial charge in [-0.25, -0.2) is 0 Å². The average molecular weight is 223 g/mol. The highest BCUT2D eigenvalue weighted by atomic mass is 35.5. The van der Waals surface area contributed by atoms with Gasteiger partial charge in [-0.2, -0.15) is 0 Å². The van der Waals surface area contributed by atoms with Gasteiger partial charge in [0.25, 0.3) is 0 Å². The van der Waals surface area contributed by atoms with Crippen molar-refractivity contribution >= 4 is 28.6 Å². The Morgan fingerprint density at radius 2 is 2.20 bits per heavy atom. The lowest BCUT2D eigenvalue weighted by Gasteiger charge is -2.13. The Morgan fingerprint density at radius 1 is 1.40 bits per heavy atom. The van der Waals surface area contributed by atoms with Gasteiger partial charge in [0, 0.05) is 12.6 Å². The molecule has 0 fully saturated rings. The van der Waals surface area contributed by atoms with Crippen LogP contribution in [0.25, 0.3) is 5.57 Å². The largest absolute Gasteiger partial charge is 0.397 e. The zero-order chi connectivity index (χ0) is 10.8. The number of nitrogen functional groups attached to an aromatic ring is 1. The van der Waals surface area contributed by atoms with Gasteiger partial charge in [-0.15, -0.1) is 0 Å². The number of hydrogen-bond acceptors (Lipinski definition) is 3. The van der Waals surface area contributed by atoms with Crippen molar-refractivity contribution < 1.29 is 4.79 Å². The average Bonchev–Trinajstić information content (AvgIpc) is 2.17. The summed E-state index contributed by atoms with van der Waals surface area (Å²) in [5, 5.41) is 0.513. The zero-order valence-electron chi connectivity index (χ0n) is 8.16. The molecular formula is C11H11ClN2O. The third kappa shape index (κ3) is 2.18. The molecule has 1 aromatic heterocycles. The first-order valence-electron chi connectivity index (χ1n) is 4.81. The fourth-order valence-electron chi connectivity index (χ4n) is 1.70. The molecule has 0 bridgehead atoms. The standard InChI is InChI=1S/C11H11ClN2O/c12-8-5-10(13)11(14-6-8)7-2-1-3-9(15)4-7/h4-6H,1-3,13H2. The van der Waals surface area contributed by atoms with E-state index in [1.807, 2.05) is 0 Å². The van der Waals surface area contributed by atoms with Crippen LogP contribution in [-0.4, -0.2) is 10.8 Å². The summed E-state index contributed by atoms with van der Waals surface area (Å²) in [6, 6.07) is 1.66. The van der Waals surface area contributed by atoms with Crippen LogP contribution < -0.4 is 5.73 Å². The second kappa shape index (κ2) is 4.03. The molecule has 0 aromatic carbocycles. The van der Waals surface area contributed by atoms with Crippen LogP contribution in [0.3, 0.4) is 0 Å². The molecule has 0 saturated carbocycles. The molecular weight excluding hydrogens is 212 g/mol. The van der Waals surface area contributed by atoms with Crippen molar-refractivity contribution in [3.63, 3.8) is 0 Å². The second-order valence-electron chi connectivity index (χ2n) is 3.58. The number of aromatic nitrogens is 1. The Hall–Kier alpha value is -1.35. The summed E-state index contributed by atoms with van der Waals surface area (Å²) in [7, 11) is 0. The number of ketones is 1. The second-order valence-corrected chi connectivity index (χ2v) is 4.02. The minimum Gasteiger partial charge on any atom is -0.397 e. The lowest BCUT2D eigenvalue weighted by Crippen LogP contribution is -2.05. The molecule has 4 heteroatoms. The Morgan fingerprint density at radius 3 is 2.87 bits per heavy atom. The molecule has 1 aliphatic carbocycles. The summed E-state index contributed by atoms with van der Waals surface area (Å²) >= 11 is 5.76. The van der Waals surface area contributed by atoms with E-state index in [9.17, 15) is 4.79 Å². The van der Waals surface area contributed by atoms with Crippen LogP contribution in [0.2, 0.25) is 5.02 Å². The highest BCUT2D eigenvalue weighted by molar-refractivity contribution is 6.30. The lowest BCUT2D eigenvalue weighted by atomic mass is 9.95. The van der Waals surface area contributed by atoms with E-state index < -0.39 is 0 Å². The third-order valence-electron chi connectivity index (χ3n) is 2.39. The number of pyridine rings is 1. The SMILES string of the molecule is Nc1cc(Cl)cnc1C1=CC(=O)CCC1. The Balaban J connectivity index is 2.41. The van der Waals surface area contributed by atoms with Crippen molar-refractivity contribution in [1.82, 2.24) is 4.98 Å². The predicted molar refractivity (Wildman–Crippen MR) is 60.5 cm³/mol. The number of anilines is 1. The van der Waals surface area contributed by atoms with Crippen molar-refractivity contribution in [2.75, 3.05) is 5.73 Å². The summed E-state index contributed by atoms with van der Waals surface area (Å²) < 4.78 is 0. The van der Waals surface area contributed by atoms with Crippen molar-refractivity contribution in [2.24, 2.45) is 0 Å². The van der Waals surface area contributed by atoms with Gasteiger partial charge >= 0.3 is 0 Å². The van der Waals surface area contributed by atoms with Gasteiger partial charge in [0.2, 0.25) is 0 Å². The van der Waals surface area contributed by atoms with Crippen molar-refractivity contribution in [1.29, 1.82) is 0 Å². The number of carbonyl (C=O) groups is 1. The molecule has 0 spiro atoms. The number of nitrogens with zero attached hydrogens (tertiary/aromatic N) is 1. The topological polar surface area (TPSA) is 56.0 Å². The van der Waals surface area contributed by atoms with Crippen LogP contribution in [0.5, 0.6) is 0 Å². The fourth-order valence-corrected chi connectivity index (χ4v) is 1.87. The highest BCUT2D eigenvalue weighted by Crippen LogP contribution is 2.28. The number of allylic oxidation sites excluding steroid dienone is 2. The summed E-state index contributed by atoms with van der Waals surface area (Å²) in [5.41, 5.74) is 7.93. The van der Waals surface area contributed by atoms with Crippen LogP contribution >= 0.6 is 11.6 Å². The molecule has 0 amide bonds. The van der Waals surface area contributed by atoms with Crippen LogP contribution in [-0.2, 0) is 4.79 Å². The summed E-state index contributed by atoms with van der Waals surface area (Å²) in [5.74, 6) is 0.146. The molecule has 0 saturated heterocycles. The van der Waals surface area contributed by atoms with Crippen LogP contribution in [0, 0.1) is 0 Å². The van der Waals surface area contributed by atoms with Gasteiger partial charge in [-0.3, -0.25) is 9.78 Å². The Kier molecular flexibility index (Phi) is 2.73. The Labute approximate surface area is 92.9 Å². The smallest absolute Gasteiger partial charge is 0.156 e.